The largest absolute Gasteiger partial charge is 0.387 e. The zero-order chi connectivity index (χ0) is 17.0. The quantitative estimate of drug-likeness (QED) is 0.797. The third-order valence-electron chi connectivity index (χ3n) is 5.28. The van der Waals surface area contributed by atoms with E-state index in [1.54, 1.807) is 7.11 Å². The molecule has 7 nitrogen and oxygen atoms in total. The van der Waals surface area contributed by atoms with Crippen molar-refractivity contribution in [2.45, 2.75) is 56.7 Å². The number of methoxy groups -OCH3 is 1. The molecule has 0 saturated carbocycles. The van der Waals surface area contributed by atoms with E-state index in [4.69, 9.17) is 9.26 Å². The third kappa shape index (κ3) is 4.14. The van der Waals surface area contributed by atoms with Gasteiger partial charge >= 0.3 is 0 Å². The number of nitrogens with zero attached hydrogens (tertiary/aromatic N) is 4. The molecule has 0 aliphatic carbocycles. The van der Waals surface area contributed by atoms with Gasteiger partial charge in [-0.3, -0.25) is 9.80 Å². The third-order valence-corrected chi connectivity index (χ3v) is 5.28. The molecule has 1 aromatic rings. The maximum atomic E-state index is 11.3. The lowest BCUT2D eigenvalue weighted by Crippen LogP contribution is -2.62. The maximum Gasteiger partial charge on any atom is 0.240 e. The molecule has 136 valence electrons. The first kappa shape index (κ1) is 17.8. The summed E-state index contributed by atoms with van der Waals surface area (Å²) < 4.78 is 10.3. The molecule has 7 heteroatoms. The van der Waals surface area contributed by atoms with Gasteiger partial charge in [0, 0.05) is 26.1 Å². The van der Waals surface area contributed by atoms with Crippen LogP contribution in [-0.4, -0.2) is 77.1 Å². The molecule has 2 aliphatic heterocycles. The van der Waals surface area contributed by atoms with Crippen LogP contribution < -0.4 is 0 Å². The van der Waals surface area contributed by atoms with Gasteiger partial charge in [0.1, 0.15) is 0 Å². The molecule has 24 heavy (non-hydrogen) atoms. The fraction of sp³-hybridized carbons (Fsp3) is 0.882. The van der Waals surface area contributed by atoms with Crippen LogP contribution in [0, 0.1) is 0 Å². The Morgan fingerprint density at radius 2 is 2.21 bits per heavy atom. The van der Waals surface area contributed by atoms with E-state index in [2.05, 4.69) is 19.9 Å². The minimum absolute atomic E-state index is 0.294. The van der Waals surface area contributed by atoms with Crippen molar-refractivity contribution in [3.05, 3.63) is 11.7 Å². The number of aromatic nitrogens is 2. The van der Waals surface area contributed by atoms with Gasteiger partial charge in [0.05, 0.1) is 18.8 Å². The van der Waals surface area contributed by atoms with Gasteiger partial charge in [0.25, 0.3) is 0 Å². The molecule has 1 aromatic heterocycles. The first-order valence-electron chi connectivity index (χ1n) is 9.06. The molecular formula is C17H30N4O3. The second kappa shape index (κ2) is 7.91. The van der Waals surface area contributed by atoms with Crippen LogP contribution in [0.15, 0.2) is 4.52 Å². The summed E-state index contributed by atoms with van der Waals surface area (Å²) in [5.74, 6) is 1.28. The SMILES string of the molecule is COCCc1noc(CN(C)C[C@]2(O)CCCN3CCCC[C@@H]32)n1. The highest BCUT2D eigenvalue weighted by Gasteiger charge is 2.44. The van der Waals surface area contributed by atoms with Crippen LogP contribution in [0.2, 0.25) is 0 Å². The Balaban J connectivity index is 1.56. The van der Waals surface area contributed by atoms with Crippen LogP contribution in [0.4, 0.5) is 0 Å². The molecule has 0 spiro atoms. The summed E-state index contributed by atoms with van der Waals surface area (Å²) in [7, 11) is 3.67. The zero-order valence-corrected chi connectivity index (χ0v) is 14.9. The van der Waals surface area contributed by atoms with Crippen LogP contribution >= 0.6 is 0 Å². The van der Waals surface area contributed by atoms with Crippen LogP contribution in [0.1, 0.15) is 43.8 Å². The highest BCUT2D eigenvalue weighted by Crippen LogP contribution is 2.34. The minimum Gasteiger partial charge on any atom is -0.387 e. The van der Waals surface area contributed by atoms with E-state index in [-0.39, 0.29) is 0 Å². The van der Waals surface area contributed by atoms with Crippen LogP contribution in [0.5, 0.6) is 0 Å². The van der Waals surface area contributed by atoms with E-state index in [0.717, 1.165) is 32.4 Å². The molecule has 0 bridgehead atoms. The van der Waals surface area contributed by atoms with Crippen molar-refractivity contribution in [2.24, 2.45) is 0 Å². The lowest BCUT2D eigenvalue weighted by Gasteiger charge is -2.50. The van der Waals surface area contributed by atoms with Gasteiger partial charge in [-0.05, 0) is 45.8 Å². The monoisotopic (exact) mass is 338 g/mol. The molecule has 0 amide bonds. The highest BCUT2D eigenvalue weighted by atomic mass is 16.5. The molecule has 2 saturated heterocycles. The molecular weight excluding hydrogens is 308 g/mol. The van der Waals surface area contributed by atoms with E-state index in [1.807, 2.05) is 7.05 Å². The lowest BCUT2D eigenvalue weighted by atomic mass is 9.79. The van der Waals surface area contributed by atoms with Crippen molar-refractivity contribution in [1.29, 1.82) is 0 Å². The van der Waals surface area contributed by atoms with Crippen molar-refractivity contribution in [1.82, 2.24) is 19.9 Å². The topological polar surface area (TPSA) is 74.9 Å². The Bertz CT molecular complexity index is 522. The smallest absolute Gasteiger partial charge is 0.240 e. The number of rotatable bonds is 7. The van der Waals surface area contributed by atoms with E-state index < -0.39 is 5.60 Å². The molecule has 2 aliphatic rings. The molecule has 2 fully saturated rings. The summed E-state index contributed by atoms with van der Waals surface area (Å²) in [4.78, 5) is 8.98. The second-order valence-corrected chi connectivity index (χ2v) is 7.27. The summed E-state index contributed by atoms with van der Waals surface area (Å²) in [6.45, 7) is 4.05. The van der Waals surface area contributed by atoms with Gasteiger partial charge < -0.3 is 14.4 Å². The Hall–Kier alpha value is -1.02. The van der Waals surface area contributed by atoms with Gasteiger partial charge in [-0.15, -0.1) is 0 Å². The first-order chi connectivity index (χ1) is 11.6. The Morgan fingerprint density at radius 3 is 3.04 bits per heavy atom. The number of likely N-dealkylation sites (N-methyl/N-ethyl adjacent to an activating group) is 1. The minimum atomic E-state index is -0.633. The van der Waals surface area contributed by atoms with Crippen LogP contribution in [0.3, 0.4) is 0 Å². The number of piperidine rings is 2. The number of fused-ring (bicyclic) bond motifs is 1. The number of hydrogen-bond acceptors (Lipinski definition) is 7. The Morgan fingerprint density at radius 1 is 1.38 bits per heavy atom. The number of hydrogen-bond donors (Lipinski definition) is 1. The first-order valence-corrected chi connectivity index (χ1v) is 9.06. The van der Waals surface area contributed by atoms with Crippen LogP contribution in [0.25, 0.3) is 0 Å². The summed E-state index contributed by atoms with van der Waals surface area (Å²) >= 11 is 0. The number of ether oxygens (including phenoxy) is 1. The van der Waals surface area contributed by atoms with Crippen LogP contribution in [-0.2, 0) is 17.7 Å². The van der Waals surface area contributed by atoms with E-state index >= 15 is 0 Å². The highest BCUT2D eigenvalue weighted by molar-refractivity contribution is 5.00. The molecule has 2 atom stereocenters. The second-order valence-electron chi connectivity index (χ2n) is 7.27. The standard InChI is InChI=1S/C17H30N4O3/c1-20(12-16-18-15(19-24-16)7-11-23-2)13-17(22)8-5-10-21-9-4-3-6-14(17)21/h14,22H,3-13H2,1-2H3/t14-,17-/m1/s1. The van der Waals surface area contributed by atoms with Crippen molar-refractivity contribution in [2.75, 3.05) is 40.4 Å². The van der Waals surface area contributed by atoms with Gasteiger partial charge in [-0.2, -0.15) is 4.98 Å². The predicted molar refractivity (Wildman–Crippen MR) is 89.6 cm³/mol. The lowest BCUT2D eigenvalue weighted by molar-refractivity contribution is -0.108. The number of aliphatic hydroxyl groups is 1. The van der Waals surface area contributed by atoms with Gasteiger partial charge in [0.2, 0.25) is 5.89 Å². The molecule has 1 N–H and O–H groups in total. The fourth-order valence-electron chi connectivity index (χ4n) is 4.21. The van der Waals surface area contributed by atoms with Crippen molar-refractivity contribution < 1.29 is 14.4 Å². The van der Waals surface area contributed by atoms with Crippen molar-refractivity contribution in [3.63, 3.8) is 0 Å². The Labute approximate surface area is 144 Å². The van der Waals surface area contributed by atoms with E-state index in [9.17, 15) is 5.11 Å². The zero-order valence-electron chi connectivity index (χ0n) is 14.9. The van der Waals surface area contributed by atoms with Gasteiger partial charge in [0.15, 0.2) is 5.82 Å². The van der Waals surface area contributed by atoms with E-state index in [1.165, 1.54) is 12.8 Å². The van der Waals surface area contributed by atoms with Gasteiger partial charge in [-0.25, -0.2) is 0 Å². The summed E-state index contributed by atoms with van der Waals surface area (Å²) in [6, 6.07) is 0.294. The molecule has 0 aromatic carbocycles. The van der Waals surface area contributed by atoms with E-state index in [0.29, 0.717) is 43.9 Å². The maximum absolute atomic E-state index is 11.3. The normalized spacial score (nSPS) is 28.2. The Kier molecular flexibility index (Phi) is 5.86. The molecule has 3 heterocycles. The van der Waals surface area contributed by atoms with Crippen molar-refractivity contribution >= 4 is 0 Å². The van der Waals surface area contributed by atoms with Crippen molar-refractivity contribution in [3.8, 4) is 0 Å². The average molecular weight is 338 g/mol. The fourth-order valence-corrected chi connectivity index (χ4v) is 4.21. The van der Waals surface area contributed by atoms with Gasteiger partial charge in [-0.1, -0.05) is 11.6 Å². The molecule has 0 radical (unpaired) electrons. The predicted octanol–water partition coefficient (Wildman–Crippen LogP) is 1.07. The summed E-state index contributed by atoms with van der Waals surface area (Å²) in [5.41, 5.74) is -0.633. The summed E-state index contributed by atoms with van der Waals surface area (Å²) in [5, 5.41) is 15.2. The summed E-state index contributed by atoms with van der Waals surface area (Å²) in [6.07, 6.45) is 6.19. The molecule has 0 unspecified atom stereocenters. The average Bonchev–Trinajstić information content (AvgIpc) is 3.00. The molecule has 3 rings (SSSR count).